The highest BCUT2D eigenvalue weighted by Crippen LogP contribution is 2.19. The standard InChI is InChI=1S/C17H20N4O2/c1-12-15(13(2)23-20-12)11-21-10-9-16(19-21)18-17(22-3)14-7-5-4-6-8-14/h4-10,17H,11H2,1-3H3,(H,18,19). The van der Waals surface area contributed by atoms with E-state index >= 15 is 0 Å². The molecule has 0 bridgehead atoms. The molecule has 0 saturated carbocycles. The second-order valence-electron chi connectivity index (χ2n) is 5.37. The lowest BCUT2D eigenvalue weighted by atomic mass is 10.2. The van der Waals surface area contributed by atoms with Crippen molar-refractivity contribution in [3.8, 4) is 0 Å². The van der Waals surface area contributed by atoms with Gasteiger partial charge < -0.3 is 14.6 Å². The van der Waals surface area contributed by atoms with Crippen molar-refractivity contribution in [1.29, 1.82) is 0 Å². The fraction of sp³-hybridized carbons (Fsp3) is 0.294. The predicted octanol–water partition coefficient (Wildman–Crippen LogP) is 3.29. The number of methoxy groups -OCH3 is 1. The van der Waals surface area contributed by atoms with E-state index in [2.05, 4.69) is 15.6 Å². The molecule has 1 aromatic carbocycles. The van der Waals surface area contributed by atoms with Crippen molar-refractivity contribution in [1.82, 2.24) is 14.9 Å². The Morgan fingerprint density at radius 3 is 2.65 bits per heavy atom. The summed E-state index contributed by atoms with van der Waals surface area (Å²) in [6, 6.07) is 11.9. The quantitative estimate of drug-likeness (QED) is 0.708. The van der Waals surface area contributed by atoms with Crippen molar-refractivity contribution >= 4 is 5.82 Å². The van der Waals surface area contributed by atoms with Gasteiger partial charge in [0.15, 0.2) is 6.23 Å². The summed E-state index contributed by atoms with van der Waals surface area (Å²) in [5.41, 5.74) is 3.01. The van der Waals surface area contributed by atoms with Gasteiger partial charge in [0, 0.05) is 30.5 Å². The molecule has 1 unspecified atom stereocenters. The van der Waals surface area contributed by atoms with Crippen LogP contribution in [0.2, 0.25) is 0 Å². The van der Waals surface area contributed by atoms with E-state index in [4.69, 9.17) is 9.26 Å². The van der Waals surface area contributed by atoms with Crippen molar-refractivity contribution in [3.63, 3.8) is 0 Å². The summed E-state index contributed by atoms with van der Waals surface area (Å²) in [5.74, 6) is 1.58. The van der Waals surface area contributed by atoms with Crippen molar-refractivity contribution in [3.05, 3.63) is 65.2 Å². The number of ether oxygens (including phenoxy) is 1. The zero-order valence-electron chi connectivity index (χ0n) is 13.5. The first kappa shape index (κ1) is 15.3. The number of benzene rings is 1. The minimum atomic E-state index is -0.237. The van der Waals surface area contributed by atoms with Crippen LogP contribution < -0.4 is 5.32 Å². The van der Waals surface area contributed by atoms with E-state index < -0.39 is 0 Å². The summed E-state index contributed by atoms with van der Waals surface area (Å²) in [6.45, 7) is 4.48. The molecule has 1 atom stereocenters. The number of nitrogens with zero attached hydrogens (tertiary/aromatic N) is 3. The van der Waals surface area contributed by atoms with Crippen LogP contribution in [0.25, 0.3) is 0 Å². The first-order chi connectivity index (χ1) is 11.2. The molecule has 0 amide bonds. The second-order valence-corrected chi connectivity index (χ2v) is 5.37. The van der Waals surface area contributed by atoms with Crippen LogP contribution in [0.15, 0.2) is 47.1 Å². The molecule has 0 fully saturated rings. The third-order valence-electron chi connectivity index (χ3n) is 3.76. The highest BCUT2D eigenvalue weighted by atomic mass is 16.5. The molecule has 0 aliphatic heterocycles. The molecule has 120 valence electrons. The Morgan fingerprint density at radius 1 is 1.22 bits per heavy atom. The molecular formula is C17H20N4O2. The van der Waals surface area contributed by atoms with Crippen LogP contribution in [-0.2, 0) is 11.3 Å². The lowest BCUT2D eigenvalue weighted by molar-refractivity contribution is 0.126. The van der Waals surface area contributed by atoms with Gasteiger partial charge in [-0.3, -0.25) is 4.68 Å². The smallest absolute Gasteiger partial charge is 0.154 e. The fourth-order valence-electron chi connectivity index (χ4n) is 2.46. The van der Waals surface area contributed by atoms with Crippen LogP contribution in [0.1, 0.15) is 28.8 Å². The van der Waals surface area contributed by atoms with E-state index in [1.165, 1.54) is 0 Å². The average molecular weight is 312 g/mol. The summed E-state index contributed by atoms with van der Waals surface area (Å²) in [7, 11) is 1.67. The lowest BCUT2D eigenvalue weighted by Crippen LogP contribution is -2.13. The number of aryl methyl sites for hydroxylation is 2. The summed E-state index contributed by atoms with van der Waals surface area (Å²) in [5, 5.41) is 11.8. The SMILES string of the molecule is COC(Nc1ccn(Cc2c(C)noc2C)n1)c1ccccc1. The molecule has 6 nitrogen and oxygen atoms in total. The van der Waals surface area contributed by atoms with E-state index in [0.29, 0.717) is 6.54 Å². The predicted molar refractivity (Wildman–Crippen MR) is 87.1 cm³/mol. The molecule has 0 saturated heterocycles. The molecule has 1 N–H and O–H groups in total. The van der Waals surface area contributed by atoms with E-state index in [0.717, 1.165) is 28.4 Å². The molecule has 3 aromatic rings. The Kier molecular flexibility index (Phi) is 4.43. The zero-order valence-corrected chi connectivity index (χ0v) is 13.5. The third kappa shape index (κ3) is 3.43. The Hall–Kier alpha value is -2.60. The monoisotopic (exact) mass is 312 g/mol. The van der Waals surface area contributed by atoms with Crippen LogP contribution >= 0.6 is 0 Å². The molecule has 23 heavy (non-hydrogen) atoms. The van der Waals surface area contributed by atoms with Gasteiger partial charge in [0.05, 0.1) is 12.2 Å². The number of hydrogen-bond donors (Lipinski definition) is 1. The number of rotatable bonds is 6. The molecule has 2 heterocycles. The maximum absolute atomic E-state index is 5.51. The maximum atomic E-state index is 5.51. The normalized spacial score (nSPS) is 12.3. The minimum absolute atomic E-state index is 0.237. The number of anilines is 1. The molecule has 6 heteroatoms. The molecule has 0 aliphatic carbocycles. The Morgan fingerprint density at radius 2 is 2.00 bits per heavy atom. The van der Waals surface area contributed by atoms with E-state index in [1.54, 1.807) is 7.11 Å². The van der Waals surface area contributed by atoms with Gasteiger partial charge in [0.1, 0.15) is 11.6 Å². The van der Waals surface area contributed by atoms with Gasteiger partial charge >= 0.3 is 0 Å². The number of nitrogens with one attached hydrogen (secondary N) is 1. The Balaban J connectivity index is 1.72. The summed E-state index contributed by atoms with van der Waals surface area (Å²) in [4.78, 5) is 0. The van der Waals surface area contributed by atoms with Gasteiger partial charge in [-0.25, -0.2) is 0 Å². The molecular weight excluding hydrogens is 292 g/mol. The van der Waals surface area contributed by atoms with Crippen molar-refractivity contribution in [2.24, 2.45) is 0 Å². The molecule has 0 radical (unpaired) electrons. The Bertz CT molecular complexity index is 745. The molecule has 3 rings (SSSR count). The highest BCUT2D eigenvalue weighted by molar-refractivity contribution is 5.36. The van der Waals surface area contributed by atoms with E-state index in [1.807, 2.05) is 61.1 Å². The first-order valence-electron chi connectivity index (χ1n) is 7.47. The van der Waals surface area contributed by atoms with Gasteiger partial charge in [-0.05, 0) is 13.8 Å². The van der Waals surface area contributed by atoms with Crippen LogP contribution in [0.3, 0.4) is 0 Å². The zero-order chi connectivity index (χ0) is 16.2. The third-order valence-corrected chi connectivity index (χ3v) is 3.76. The lowest BCUT2D eigenvalue weighted by Gasteiger charge is -2.16. The highest BCUT2D eigenvalue weighted by Gasteiger charge is 2.13. The number of aromatic nitrogens is 3. The van der Waals surface area contributed by atoms with Gasteiger partial charge in [0.25, 0.3) is 0 Å². The Labute approximate surface area is 135 Å². The van der Waals surface area contributed by atoms with E-state index in [-0.39, 0.29) is 6.23 Å². The van der Waals surface area contributed by atoms with Crippen LogP contribution in [0.5, 0.6) is 0 Å². The second kappa shape index (κ2) is 6.66. The molecule has 0 spiro atoms. The molecule has 2 aromatic heterocycles. The topological polar surface area (TPSA) is 65.1 Å². The van der Waals surface area contributed by atoms with Crippen LogP contribution in [0, 0.1) is 13.8 Å². The van der Waals surface area contributed by atoms with Gasteiger partial charge in [-0.15, -0.1) is 0 Å². The minimum Gasteiger partial charge on any atom is -0.361 e. The summed E-state index contributed by atoms with van der Waals surface area (Å²) in [6.07, 6.45) is 1.69. The molecule has 0 aliphatic rings. The van der Waals surface area contributed by atoms with Gasteiger partial charge in [0.2, 0.25) is 0 Å². The van der Waals surface area contributed by atoms with Crippen molar-refractivity contribution in [2.45, 2.75) is 26.6 Å². The average Bonchev–Trinajstić information content (AvgIpc) is 3.15. The van der Waals surface area contributed by atoms with Gasteiger partial charge in [-0.2, -0.15) is 5.10 Å². The fourth-order valence-corrected chi connectivity index (χ4v) is 2.46. The van der Waals surface area contributed by atoms with Gasteiger partial charge in [-0.1, -0.05) is 35.5 Å². The first-order valence-corrected chi connectivity index (χ1v) is 7.47. The maximum Gasteiger partial charge on any atom is 0.154 e. The van der Waals surface area contributed by atoms with Crippen LogP contribution in [-0.4, -0.2) is 22.0 Å². The van der Waals surface area contributed by atoms with Crippen LogP contribution in [0.4, 0.5) is 5.82 Å². The van der Waals surface area contributed by atoms with Crippen molar-refractivity contribution in [2.75, 3.05) is 12.4 Å². The largest absolute Gasteiger partial charge is 0.361 e. The summed E-state index contributed by atoms with van der Waals surface area (Å²) >= 11 is 0. The number of hydrogen-bond acceptors (Lipinski definition) is 5. The van der Waals surface area contributed by atoms with Crippen molar-refractivity contribution < 1.29 is 9.26 Å². The summed E-state index contributed by atoms with van der Waals surface area (Å²) < 4.78 is 12.5. The van der Waals surface area contributed by atoms with E-state index in [9.17, 15) is 0 Å².